The summed E-state index contributed by atoms with van der Waals surface area (Å²) in [5.41, 5.74) is 2.64. The van der Waals surface area contributed by atoms with Crippen molar-refractivity contribution in [2.75, 3.05) is 7.11 Å². The zero-order chi connectivity index (χ0) is 15.0. The summed E-state index contributed by atoms with van der Waals surface area (Å²) in [5.74, 6) is 1.71. The number of carbonyl (C=O) groups excluding carboxylic acids is 2. The highest BCUT2D eigenvalue weighted by atomic mass is 16.5. The molecule has 0 aromatic carbocycles. The third kappa shape index (κ3) is 1.67. The third-order valence-electron chi connectivity index (χ3n) is 6.29. The summed E-state index contributed by atoms with van der Waals surface area (Å²) in [7, 11) is 1.50. The smallest absolute Gasteiger partial charge is 0.311 e. The molecule has 1 aliphatic heterocycles. The van der Waals surface area contributed by atoms with Crippen LogP contribution in [0.2, 0.25) is 0 Å². The minimum absolute atomic E-state index is 0.0245. The van der Waals surface area contributed by atoms with E-state index >= 15 is 0 Å². The molecule has 1 N–H and O–H groups in total. The van der Waals surface area contributed by atoms with Gasteiger partial charge in [0.15, 0.2) is 0 Å². The van der Waals surface area contributed by atoms with Gasteiger partial charge in [-0.25, -0.2) is 5.43 Å². The number of esters is 1. The quantitative estimate of drug-likeness (QED) is 0.783. The fraction of sp³-hybridized carbons (Fsp3) is 0.875. The molecule has 5 aliphatic rings. The van der Waals surface area contributed by atoms with Crippen LogP contribution >= 0.6 is 0 Å². The highest BCUT2D eigenvalue weighted by molar-refractivity contribution is 5.90. The number of hydrogen-bond donors (Lipinski definition) is 1. The summed E-state index contributed by atoms with van der Waals surface area (Å²) in [5, 5.41) is 1.87. The molecular formula is C16H24N2O3. The van der Waals surface area contributed by atoms with Crippen LogP contribution in [-0.2, 0) is 14.3 Å². The fourth-order valence-corrected chi connectivity index (χ4v) is 5.74. The van der Waals surface area contributed by atoms with E-state index < -0.39 is 5.54 Å². The molecule has 5 atom stereocenters. The Morgan fingerprint density at radius 3 is 2.33 bits per heavy atom. The molecular weight excluding hydrogens is 268 g/mol. The van der Waals surface area contributed by atoms with E-state index in [-0.39, 0.29) is 23.3 Å². The van der Waals surface area contributed by atoms with Crippen molar-refractivity contribution in [1.29, 1.82) is 0 Å². The molecule has 0 aromatic rings. The topological polar surface area (TPSA) is 58.6 Å². The van der Waals surface area contributed by atoms with Crippen LogP contribution in [0.5, 0.6) is 0 Å². The first-order valence-corrected chi connectivity index (χ1v) is 8.06. The molecule has 5 nitrogen and oxygen atoms in total. The fourth-order valence-electron chi connectivity index (χ4n) is 5.74. The first kappa shape index (κ1) is 13.6. The second kappa shape index (κ2) is 4.00. The molecule has 116 valence electrons. The van der Waals surface area contributed by atoms with E-state index in [4.69, 9.17) is 4.74 Å². The van der Waals surface area contributed by atoms with Gasteiger partial charge < -0.3 is 4.74 Å². The number of hydrogen-bond acceptors (Lipinski definition) is 4. The number of nitrogens with one attached hydrogen (secondary N) is 1. The molecule has 1 heterocycles. The van der Waals surface area contributed by atoms with Gasteiger partial charge in [0.1, 0.15) is 5.54 Å². The molecule has 4 bridgehead atoms. The molecule has 0 spiro atoms. The van der Waals surface area contributed by atoms with Crippen molar-refractivity contribution in [1.82, 2.24) is 10.4 Å². The average Bonchev–Trinajstić information content (AvgIpc) is 2.43. The van der Waals surface area contributed by atoms with Gasteiger partial charge in [-0.3, -0.25) is 14.6 Å². The molecule has 0 radical (unpaired) electrons. The van der Waals surface area contributed by atoms with Gasteiger partial charge in [-0.15, -0.1) is 0 Å². The molecule has 5 rings (SSSR count). The summed E-state index contributed by atoms with van der Waals surface area (Å²) in [4.78, 5) is 24.6. The summed E-state index contributed by atoms with van der Waals surface area (Å²) in [6.07, 6.45) is 5.09. The number of nitrogens with zero attached hydrogens (tertiary/aromatic N) is 1. The van der Waals surface area contributed by atoms with Gasteiger partial charge in [0, 0.05) is 0 Å². The molecule has 1 saturated heterocycles. The highest BCUT2D eigenvalue weighted by Crippen LogP contribution is 2.61. The Morgan fingerprint density at radius 2 is 1.86 bits per heavy atom. The van der Waals surface area contributed by atoms with Crippen molar-refractivity contribution in [3.05, 3.63) is 0 Å². The van der Waals surface area contributed by atoms with E-state index in [0.717, 1.165) is 32.1 Å². The van der Waals surface area contributed by atoms with E-state index in [1.165, 1.54) is 7.11 Å². The van der Waals surface area contributed by atoms with Crippen LogP contribution in [-0.4, -0.2) is 35.6 Å². The first-order valence-electron chi connectivity index (χ1n) is 8.06. The molecule has 1 amide bonds. The van der Waals surface area contributed by atoms with Crippen molar-refractivity contribution in [2.45, 2.75) is 57.5 Å². The maximum Gasteiger partial charge on any atom is 0.311 e. The first-order chi connectivity index (χ1) is 9.86. The SMILES string of the molecule is COC(=O)[C@@]12CC3CC(C1)[C@@H](N1NC(C)(C)C1=O)[C@@H](C3)C2. The molecule has 4 aliphatic carbocycles. The highest BCUT2D eigenvalue weighted by Gasteiger charge is 2.63. The van der Waals surface area contributed by atoms with Crippen LogP contribution in [0.3, 0.4) is 0 Å². The normalized spacial score (nSPS) is 46.4. The number of hydrazine groups is 1. The summed E-state index contributed by atoms with van der Waals surface area (Å²) < 4.78 is 5.09. The number of ether oxygens (including phenoxy) is 1. The largest absolute Gasteiger partial charge is 0.469 e. The van der Waals surface area contributed by atoms with Gasteiger partial charge in [0.25, 0.3) is 5.91 Å². The zero-order valence-corrected chi connectivity index (χ0v) is 13.0. The molecule has 21 heavy (non-hydrogen) atoms. The lowest BCUT2D eigenvalue weighted by molar-refractivity contribution is -0.198. The van der Waals surface area contributed by atoms with E-state index in [1.54, 1.807) is 0 Å². The van der Waals surface area contributed by atoms with E-state index in [9.17, 15) is 9.59 Å². The van der Waals surface area contributed by atoms with Crippen LogP contribution in [0, 0.1) is 23.2 Å². The van der Waals surface area contributed by atoms with Gasteiger partial charge >= 0.3 is 5.97 Å². The Kier molecular flexibility index (Phi) is 2.58. The molecule has 5 fully saturated rings. The number of methoxy groups -OCH3 is 1. The Balaban J connectivity index is 1.59. The third-order valence-corrected chi connectivity index (χ3v) is 6.29. The van der Waals surface area contributed by atoms with Crippen molar-refractivity contribution in [3.8, 4) is 0 Å². The van der Waals surface area contributed by atoms with Gasteiger partial charge in [0.05, 0.1) is 18.6 Å². The number of rotatable bonds is 2. The van der Waals surface area contributed by atoms with E-state index in [0.29, 0.717) is 17.8 Å². The van der Waals surface area contributed by atoms with Crippen molar-refractivity contribution < 1.29 is 14.3 Å². The van der Waals surface area contributed by atoms with E-state index in [1.807, 2.05) is 18.9 Å². The molecule has 4 saturated carbocycles. The Hall–Kier alpha value is -1.10. The number of carbonyl (C=O) groups is 2. The minimum Gasteiger partial charge on any atom is -0.469 e. The van der Waals surface area contributed by atoms with Crippen molar-refractivity contribution >= 4 is 11.9 Å². The lowest BCUT2D eigenvalue weighted by atomic mass is 9.47. The minimum atomic E-state index is -0.422. The van der Waals surface area contributed by atoms with Gasteiger partial charge in [-0.05, 0) is 63.7 Å². The lowest BCUT2D eigenvalue weighted by Crippen LogP contribution is -2.79. The molecule has 5 heteroatoms. The van der Waals surface area contributed by atoms with Crippen LogP contribution < -0.4 is 5.43 Å². The summed E-state index contributed by atoms with van der Waals surface area (Å²) in [6, 6.07) is 0.278. The number of amides is 1. The zero-order valence-electron chi connectivity index (χ0n) is 13.0. The standard InChI is InChI=1S/C16H24N2O3/c1-15(2)13(19)18(17-15)12-10-4-9-5-11(12)8-16(6-9,7-10)14(20)21-3/h9-12,17H,4-8H2,1-3H3/t9?,10-,11?,12-,16+/m0/s1. The maximum atomic E-state index is 12.3. The predicted molar refractivity (Wildman–Crippen MR) is 75.9 cm³/mol. The average molecular weight is 292 g/mol. The molecule has 0 aromatic heterocycles. The predicted octanol–water partition coefficient (Wildman–Crippen LogP) is 1.48. The Morgan fingerprint density at radius 1 is 1.24 bits per heavy atom. The van der Waals surface area contributed by atoms with Gasteiger partial charge in [-0.2, -0.15) is 0 Å². The maximum absolute atomic E-state index is 12.3. The Labute approximate surface area is 125 Å². The summed E-state index contributed by atoms with van der Waals surface area (Å²) >= 11 is 0. The van der Waals surface area contributed by atoms with Crippen molar-refractivity contribution in [3.63, 3.8) is 0 Å². The van der Waals surface area contributed by atoms with Crippen molar-refractivity contribution in [2.24, 2.45) is 23.2 Å². The second-order valence-electron chi connectivity index (χ2n) is 8.14. The van der Waals surface area contributed by atoms with Crippen LogP contribution in [0.1, 0.15) is 46.0 Å². The summed E-state index contributed by atoms with van der Waals surface area (Å²) in [6.45, 7) is 3.86. The van der Waals surface area contributed by atoms with Crippen LogP contribution in [0.4, 0.5) is 0 Å². The Bertz CT molecular complexity index is 500. The van der Waals surface area contributed by atoms with Gasteiger partial charge in [-0.1, -0.05) is 0 Å². The van der Waals surface area contributed by atoms with Gasteiger partial charge in [0.2, 0.25) is 0 Å². The van der Waals surface area contributed by atoms with E-state index in [2.05, 4.69) is 5.43 Å². The molecule has 2 unspecified atom stereocenters. The monoisotopic (exact) mass is 292 g/mol. The van der Waals surface area contributed by atoms with Crippen LogP contribution in [0.15, 0.2) is 0 Å². The van der Waals surface area contributed by atoms with Crippen LogP contribution in [0.25, 0.3) is 0 Å². The lowest BCUT2D eigenvalue weighted by Gasteiger charge is -2.63. The second-order valence-corrected chi connectivity index (χ2v) is 8.14.